The molecule has 0 spiro atoms. The second-order valence-electron chi connectivity index (χ2n) is 5.76. The van der Waals surface area contributed by atoms with Crippen LogP contribution in [0.2, 0.25) is 0 Å². The number of rotatable bonds is 6. The fraction of sp³-hybridized carbons (Fsp3) is 0.263. The summed E-state index contributed by atoms with van der Waals surface area (Å²) in [7, 11) is 1.90. The molecule has 0 bridgehead atoms. The molecule has 1 aromatic heterocycles. The quantitative estimate of drug-likeness (QED) is 0.549. The molecule has 126 valence electrons. The van der Waals surface area contributed by atoms with Crippen LogP contribution in [0.4, 0.5) is 5.69 Å². The van der Waals surface area contributed by atoms with Gasteiger partial charge in [0.1, 0.15) is 0 Å². The summed E-state index contributed by atoms with van der Waals surface area (Å²) in [4.78, 5) is 5.29. The number of aryl methyl sites for hydroxylation is 2. The summed E-state index contributed by atoms with van der Waals surface area (Å²) in [6, 6.07) is 7.99. The zero-order chi connectivity index (χ0) is 17.7. The molecule has 2 rings (SSSR count). The first-order valence-electron chi connectivity index (χ1n) is 7.80. The van der Waals surface area contributed by atoms with Crippen LogP contribution in [0.25, 0.3) is 4.91 Å². The van der Waals surface area contributed by atoms with Crippen molar-refractivity contribution in [1.82, 2.24) is 10.3 Å². The first-order valence-corrected chi connectivity index (χ1v) is 8.79. The number of pyridine rings is 1. The van der Waals surface area contributed by atoms with Crippen molar-refractivity contribution < 1.29 is 0 Å². The summed E-state index contributed by atoms with van der Waals surface area (Å²) < 4.78 is 0. The Morgan fingerprint density at radius 3 is 2.71 bits per heavy atom. The SMILES string of the molecule is CN/C(C)=C(\SCC(=N)c1cc(C)cc(C)c1N)c1cccnc1. The number of nitrogens with zero attached hydrogens (tertiary/aromatic N) is 1. The molecular weight excluding hydrogens is 316 g/mol. The number of anilines is 1. The fourth-order valence-corrected chi connectivity index (χ4v) is 3.52. The Bertz CT molecular complexity index is 766. The van der Waals surface area contributed by atoms with Gasteiger partial charge in [-0.05, 0) is 38.5 Å². The number of nitrogens with two attached hydrogens (primary N) is 1. The molecule has 4 nitrogen and oxygen atoms in total. The van der Waals surface area contributed by atoms with Crippen molar-refractivity contribution in [3.05, 3.63) is 64.6 Å². The van der Waals surface area contributed by atoms with E-state index >= 15 is 0 Å². The molecule has 1 aromatic carbocycles. The zero-order valence-electron chi connectivity index (χ0n) is 14.6. The van der Waals surface area contributed by atoms with Gasteiger partial charge in [0.2, 0.25) is 0 Å². The van der Waals surface area contributed by atoms with Crippen LogP contribution in [0, 0.1) is 19.3 Å². The Hall–Kier alpha value is -2.27. The summed E-state index contributed by atoms with van der Waals surface area (Å²) in [5, 5.41) is 11.7. The van der Waals surface area contributed by atoms with Gasteiger partial charge in [-0.25, -0.2) is 0 Å². The molecule has 0 aliphatic heterocycles. The van der Waals surface area contributed by atoms with E-state index in [-0.39, 0.29) is 0 Å². The number of nitrogen functional groups attached to an aromatic ring is 1. The molecule has 0 saturated carbocycles. The van der Waals surface area contributed by atoms with E-state index < -0.39 is 0 Å². The van der Waals surface area contributed by atoms with E-state index in [2.05, 4.69) is 10.3 Å². The van der Waals surface area contributed by atoms with Crippen molar-refractivity contribution in [2.75, 3.05) is 18.5 Å². The van der Waals surface area contributed by atoms with Crippen LogP contribution in [0.5, 0.6) is 0 Å². The molecule has 0 fully saturated rings. The average molecular weight is 340 g/mol. The molecule has 0 unspecified atom stereocenters. The molecule has 0 radical (unpaired) electrons. The Morgan fingerprint density at radius 2 is 2.08 bits per heavy atom. The summed E-state index contributed by atoms with van der Waals surface area (Å²) in [5.74, 6) is 0.552. The molecule has 0 amide bonds. The number of nitrogens with one attached hydrogen (secondary N) is 2. The molecular formula is C19H24N4S. The van der Waals surface area contributed by atoms with E-state index in [0.29, 0.717) is 17.2 Å². The Labute approximate surface area is 148 Å². The standard InChI is InChI=1S/C19H24N4S/c1-12-8-13(2)18(21)16(9-12)17(20)11-24-19(14(3)22-4)15-6-5-7-23-10-15/h5-10,20,22H,11,21H2,1-4H3/b19-14-,20-17?. The van der Waals surface area contributed by atoms with Gasteiger partial charge in [0.05, 0.1) is 5.71 Å². The predicted molar refractivity (Wildman–Crippen MR) is 106 cm³/mol. The van der Waals surface area contributed by atoms with Gasteiger partial charge in [-0.15, -0.1) is 11.8 Å². The van der Waals surface area contributed by atoms with E-state index in [1.165, 1.54) is 0 Å². The van der Waals surface area contributed by atoms with Crippen LogP contribution in [0.3, 0.4) is 0 Å². The van der Waals surface area contributed by atoms with Crippen LogP contribution in [0.15, 0.2) is 42.4 Å². The third-order valence-electron chi connectivity index (χ3n) is 3.86. The highest BCUT2D eigenvalue weighted by atomic mass is 32.2. The fourth-order valence-electron chi connectivity index (χ4n) is 2.47. The van der Waals surface area contributed by atoms with Crippen LogP contribution in [-0.2, 0) is 0 Å². The van der Waals surface area contributed by atoms with Crippen LogP contribution in [0.1, 0.15) is 29.2 Å². The molecule has 1 heterocycles. The molecule has 0 aliphatic rings. The maximum atomic E-state index is 8.46. The average Bonchev–Trinajstić information content (AvgIpc) is 2.58. The molecule has 0 saturated heterocycles. The van der Waals surface area contributed by atoms with Crippen molar-refractivity contribution in [3.8, 4) is 0 Å². The number of thioether (sulfide) groups is 1. The van der Waals surface area contributed by atoms with E-state index in [0.717, 1.165) is 32.9 Å². The predicted octanol–water partition coefficient (Wildman–Crippen LogP) is 3.99. The minimum Gasteiger partial charge on any atom is -0.398 e. The highest BCUT2D eigenvalue weighted by molar-refractivity contribution is 8.08. The van der Waals surface area contributed by atoms with Crippen molar-refractivity contribution >= 4 is 28.1 Å². The third-order valence-corrected chi connectivity index (χ3v) is 5.12. The van der Waals surface area contributed by atoms with Crippen molar-refractivity contribution in [3.63, 3.8) is 0 Å². The summed E-state index contributed by atoms with van der Waals surface area (Å²) in [6.07, 6.45) is 3.61. The molecule has 24 heavy (non-hydrogen) atoms. The largest absolute Gasteiger partial charge is 0.398 e. The minimum atomic E-state index is 0.537. The maximum absolute atomic E-state index is 8.46. The van der Waals surface area contributed by atoms with E-state index in [9.17, 15) is 0 Å². The van der Waals surface area contributed by atoms with Gasteiger partial charge in [0.25, 0.3) is 0 Å². The van der Waals surface area contributed by atoms with Gasteiger partial charge in [-0.2, -0.15) is 0 Å². The molecule has 5 heteroatoms. The van der Waals surface area contributed by atoms with Crippen molar-refractivity contribution in [1.29, 1.82) is 5.41 Å². The molecule has 0 aliphatic carbocycles. The van der Waals surface area contributed by atoms with Gasteiger partial charge < -0.3 is 16.5 Å². The summed E-state index contributed by atoms with van der Waals surface area (Å²) >= 11 is 1.63. The molecule has 4 N–H and O–H groups in total. The van der Waals surface area contributed by atoms with E-state index in [4.69, 9.17) is 11.1 Å². The zero-order valence-corrected chi connectivity index (χ0v) is 15.4. The van der Waals surface area contributed by atoms with Gasteiger partial charge >= 0.3 is 0 Å². The van der Waals surface area contributed by atoms with Crippen LogP contribution < -0.4 is 11.1 Å². The van der Waals surface area contributed by atoms with Crippen molar-refractivity contribution in [2.45, 2.75) is 20.8 Å². The van der Waals surface area contributed by atoms with Crippen LogP contribution in [-0.4, -0.2) is 23.5 Å². The second kappa shape index (κ2) is 8.02. The maximum Gasteiger partial charge on any atom is 0.0509 e. The highest BCUT2D eigenvalue weighted by Gasteiger charge is 2.12. The van der Waals surface area contributed by atoms with Gasteiger partial charge in [0, 0.05) is 52.6 Å². The second-order valence-corrected chi connectivity index (χ2v) is 6.74. The number of allylic oxidation sites excluding steroid dienone is 1. The number of hydrogen-bond acceptors (Lipinski definition) is 5. The lowest BCUT2D eigenvalue weighted by atomic mass is 10.0. The topological polar surface area (TPSA) is 74.8 Å². The van der Waals surface area contributed by atoms with Crippen molar-refractivity contribution in [2.24, 2.45) is 0 Å². The monoisotopic (exact) mass is 340 g/mol. The first-order chi connectivity index (χ1) is 11.4. The van der Waals surface area contributed by atoms with Gasteiger partial charge in [0.15, 0.2) is 0 Å². The molecule has 0 atom stereocenters. The number of aromatic nitrogens is 1. The third kappa shape index (κ3) is 4.17. The lowest BCUT2D eigenvalue weighted by Crippen LogP contribution is -2.10. The number of hydrogen-bond donors (Lipinski definition) is 3. The van der Waals surface area contributed by atoms with E-state index in [1.54, 1.807) is 18.0 Å². The normalized spacial score (nSPS) is 11.8. The van der Waals surface area contributed by atoms with E-state index in [1.807, 2.05) is 58.3 Å². The lowest BCUT2D eigenvalue weighted by molar-refractivity contribution is 0.999. The van der Waals surface area contributed by atoms with Gasteiger partial charge in [-0.1, -0.05) is 17.7 Å². The summed E-state index contributed by atoms with van der Waals surface area (Å²) in [5.41, 5.74) is 12.5. The highest BCUT2D eigenvalue weighted by Crippen LogP contribution is 2.31. The van der Waals surface area contributed by atoms with Crippen LogP contribution >= 0.6 is 11.8 Å². The number of benzene rings is 1. The first kappa shape index (κ1) is 18.1. The summed E-state index contributed by atoms with van der Waals surface area (Å²) in [6.45, 7) is 6.05. The Morgan fingerprint density at radius 1 is 1.33 bits per heavy atom. The Balaban J connectivity index is 2.23. The minimum absolute atomic E-state index is 0.537. The smallest absolute Gasteiger partial charge is 0.0509 e. The Kier molecular flexibility index (Phi) is 6.04. The lowest BCUT2D eigenvalue weighted by Gasteiger charge is -2.14. The molecule has 2 aromatic rings. The van der Waals surface area contributed by atoms with Gasteiger partial charge in [-0.3, -0.25) is 4.98 Å².